The highest BCUT2D eigenvalue weighted by Gasteiger charge is 2.15. The summed E-state index contributed by atoms with van der Waals surface area (Å²) in [7, 11) is 1.71. The van der Waals surface area contributed by atoms with E-state index >= 15 is 0 Å². The van der Waals surface area contributed by atoms with Crippen molar-refractivity contribution >= 4 is 5.69 Å². The van der Waals surface area contributed by atoms with E-state index in [1.54, 1.807) is 7.11 Å². The van der Waals surface area contributed by atoms with Crippen molar-refractivity contribution in [1.29, 1.82) is 0 Å². The Bertz CT molecular complexity index is 569. The molecular weight excluding hydrogens is 262 g/mol. The lowest BCUT2D eigenvalue weighted by atomic mass is 10.0. The van der Waals surface area contributed by atoms with Crippen LogP contribution in [0.2, 0.25) is 0 Å². The van der Waals surface area contributed by atoms with Gasteiger partial charge in [-0.2, -0.15) is 0 Å². The van der Waals surface area contributed by atoms with Gasteiger partial charge in [-0.1, -0.05) is 37.3 Å². The number of ether oxygens (including phenoxy) is 2. The highest BCUT2D eigenvalue weighted by molar-refractivity contribution is 5.58. The normalized spacial score (nSPS) is 11.8. The molecule has 112 valence electrons. The van der Waals surface area contributed by atoms with Gasteiger partial charge >= 0.3 is 0 Å². The van der Waals surface area contributed by atoms with Crippen molar-refractivity contribution in [3.63, 3.8) is 0 Å². The van der Waals surface area contributed by atoms with E-state index in [0.29, 0.717) is 6.61 Å². The molecule has 0 fully saturated rings. The molecule has 3 nitrogen and oxygen atoms in total. The van der Waals surface area contributed by atoms with Crippen molar-refractivity contribution in [2.75, 3.05) is 19.0 Å². The Morgan fingerprint density at radius 2 is 1.62 bits per heavy atom. The van der Waals surface area contributed by atoms with Crippen molar-refractivity contribution in [3.05, 3.63) is 54.1 Å². The summed E-state index contributed by atoms with van der Waals surface area (Å²) >= 11 is 0. The molecule has 0 saturated carbocycles. The third-order valence-electron chi connectivity index (χ3n) is 3.44. The van der Waals surface area contributed by atoms with Crippen LogP contribution in [0.4, 0.5) is 5.69 Å². The van der Waals surface area contributed by atoms with Crippen LogP contribution in [0.25, 0.3) is 0 Å². The first kappa shape index (κ1) is 15.2. The minimum atomic E-state index is 0.183. The predicted octanol–water partition coefficient (Wildman–Crippen LogP) is 4.66. The van der Waals surface area contributed by atoms with Crippen LogP contribution in [0.15, 0.2) is 48.5 Å². The fourth-order valence-corrected chi connectivity index (χ4v) is 2.41. The highest BCUT2D eigenvalue weighted by Crippen LogP contribution is 2.33. The summed E-state index contributed by atoms with van der Waals surface area (Å²) in [6, 6.07) is 16.3. The Morgan fingerprint density at radius 3 is 2.29 bits per heavy atom. The molecule has 0 radical (unpaired) electrons. The SMILES string of the molecule is CCOc1ccccc1NC(CC)c1ccccc1OC. The van der Waals surface area contributed by atoms with Crippen molar-refractivity contribution in [2.24, 2.45) is 0 Å². The van der Waals surface area contributed by atoms with Crippen LogP contribution in [-0.4, -0.2) is 13.7 Å². The summed E-state index contributed by atoms with van der Waals surface area (Å²) < 4.78 is 11.2. The molecule has 0 aliphatic heterocycles. The van der Waals surface area contributed by atoms with Crippen LogP contribution in [0.1, 0.15) is 31.9 Å². The molecule has 0 spiro atoms. The molecule has 1 atom stereocenters. The van der Waals surface area contributed by atoms with Crippen LogP contribution in [0, 0.1) is 0 Å². The summed E-state index contributed by atoms with van der Waals surface area (Å²) in [6.07, 6.45) is 0.959. The number of methoxy groups -OCH3 is 1. The van der Waals surface area contributed by atoms with Gasteiger partial charge in [0.05, 0.1) is 25.4 Å². The van der Waals surface area contributed by atoms with Crippen molar-refractivity contribution in [2.45, 2.75) is 26.3 Å². The molecule has 2 aromatic rings. The average Bonchev–Trinajstić information content (AvgIpc) is 2.54. The van der Waals surface area contributed by atoms with Gasteiger partial charge in [0, 0.05) is 5.56 Å². The van der Waals surface area contributed by atoms with E-state index in [2.05, 4.69) is 18.3 Å². The number of nitrogens with one attached hydrogen (secondary N) is 1. The van der Waals surface area contributed by atoms with Gasteiger partial charge < -0.3 is 14.8 Å². The van der Waals surface area contributed by atoms with E-state index in [1.165, 1.54) is 0 Å². The van der Waals surface area contributed by atoms with Gasteiger partial charge in [-0.25, -0.2) is 0 Å². The number of benzene rings is 2. The van der Waals surface area contributed by atoms with Crippen molar-refractivity contribution in [3.8, 4) is 11.5 Å². The van der Waals surface area contributed by atoms with E-state index in [-0.39, 0.29) is 6.04 Å². The van der Waals surface area contributed by atoms with E-state index in [1.807, 2.05) is 49.4 Å². The summed E-state index contributed by atoms with van der Waals surface area (Å²) in [6.45, 7) is 4.81. The molecule has 0 bridgehead atoms. The van der Waals surface area contributed by atoms with Crippen LogP contribution in [0.3, 0.4) is 0 Å². The summed E-state index contributed by atoms with van der Waals surface area (Å²) in [5.74, 6) is 1.79. The number of anilines is 1. The third-order valence-corrected chi connectivity index (χ3v) is 3.44. The first-order chi connectivity index (χ1) is 10.3. The zero-order chi connectivity index (χ0) is 15.1. The lowest BCUT2D eigenvalue weighted by Gasteiger charge is -2.22. The molecule has 0 saturated heterocycles. The fraction of sp³-hybridized carbons (Fsp3) is 0.333. The minimum absolute atomic E-state index is 0.183. The minimum Gasteiger partial charge on any atom is -0.496 e. The third kappa shape index (κ3) is 3.69. The molecule has 0 aliphatic carbocycles. The zero-order valence-corrected chi connectivity index (χ0v) is 12.9. The number of hydrogen-bond acceptors (Lipinski definition) is 3. The highest BCUT2D eigenvalue weighted by atomic mass is 16.5. The maximum absolute atomic E-state index is 5.68. The topological polar surface area (TPSA) is 30.5 Å². The summed E-state index contributed by atoms with van der Waals surface area (Å²) in [4.78, 5) is 0. The van der Waals surface area contributed by atoms with Gasteiger partial charge in [0.2, 0.25) is 0 Å². The first-order valence-corrected chi connectivity index (χ1v) is 7.41. The van der Waals surface area contributed by atoms with Crippen LogP contribution >= 0.6 is 0 Å². The zero-order valence-electron chi connectivity index (χ0n) is 12.9. The van der Waals surface area contributed by atoms with Crippen molar-refractivity contribution < 1.29 is 9.47 Å². The summed E-state index contributed by atoms with van der Waals surface area (Å²) in [5, 5.41) is 3.57. The molecule has 1 N–H and O–H groups in total. The Morgan fingerprint density at radius 1 is 0.952 bits per heavy atom. The van der Waals surface area contributed by atoms with Gasteiger partial charge in [0.15, 0.2) is 0 Å². The first-order valence-electron chi connectivity index (χ1n) is 7.41. The Hall–Kier alpha value is -2.16. The standard InChI is InChI=1S/C18H23NO2/c1-4-15(14-10-6-8-12-17(14)20-3)19-16-11-7-9-13-18(16)21-5-2/h6-13,15,19H,4-5H2,1-3H3. The second kappa shape index (κ2) is 7.58. The molecule has 0 aromatic heterocycles. The Labute approximate surface area is 126 Å². The maximum atomic E-state index is 5.68. The molecule has 0 aliphatic rings. The molecular formula is C18H23NO2. The maximum Gasteiger partial charge on any atom is 0.142 e. The van der Waals surface area contributed by atoms with E-state index in [4.69, 9.17) is 9.47 Å². The summed E-state index contributed by atoms with van der Waals surface area (Å²) in [5.41, 5.74) is 2.17. The van der Waals surface area contributed by atoms with Crippen LogP contribution in [0.5, 0.6) is 11.5 Å². The monoisotopic (exact) mass is 285 g/mol. The number of hydrogen-bond donors (Lipinski definition) is 1. The largest absolute Gasteiger partial charge is 0.496 e. The van der Waals surface area contributed by atoms with Gasteiger partial charge in [0.1, 0.15) is 11.5 Å². The number of para-hydroxylation sites is 3. The van der Waals surface area contributed by atoms with E-state index in [0.717, 1.165) is 29.2 Å². The number of rotatable bonds is 7. The molecule has 21 heavy (non-hydrogen) atoms. The van der Waals surface area contributed by atoms with E-state index < -0.39 is 0 Å². The predicted molar refractivity (Wildman–Crippen MR) is 87.3 cm³/mol. The second-order valence-electron chi connectivity index (χ2n) is 4.78. The average molecular weight is 285 g/mol. The molecule has 2 rings (SSSR count). The van der Waals surface area contributed by atoms with Gasteiger partial charge in [-0.05, 0) is 31.5 Å². The molecule has 1 unspecified atom stereocenters. The quantitative estimate of drug-likeness (QED) is 0.802. The van der Waals surface area contributed by atoms with Gasteiger partial charge in [0.25, 0.3) is 0 Å². The van der Waals surface area contributed by atoms with E-state index in [9.17, 15) is 0 Å². The smallest absolute Gasteiger partial charge is 0.142 e. The van der Waals surface area contributed by atoms with Crippen LogP contribution in [-0.2, 0) is 0 Å². The fourth-order valence-electron chi connectivity index (χ4n) is 2.41. The molecule has 0 heterocycles. The molecule has 2 aromatic carbocycles. The molecule has 3 heteroatoms. The lowest BCUT2D eigenvalue weighted by molar-refractivity contribution is 0.341. The Kier molecular flexibility index (Phi) is 5.50. The Balaban J connectivity index is 2.27. The van der Waals surface area contributed by atoms with Gasteiger partial charge in [-0.3, -0.25) is 0 Å². The van der Waals surface area contributed by atoms with Crippen LogP contribution < -0.4 is 14.8 Å². The lowest BCUT2D eigenvalue weighted by Crippen LogP contribution is -2.12. The molecule has 0 amide bonds. The van der Waals surface area contributed by atoms with Gasteiger partial charge in [-0.15, -0.1) is 0 Å². The van der Waals surface area contributed by atoms with Crippen molar-refractivity contribution in [1.82, 2.24) is 0 Å². The second-order valence-corrected chi connectivity index (χ2v) is 4.78.